The van der Waals surface area contributed by atoms with Crippen molar-refractivity contribution >= 4 is 0 Å². The molecule has 0 spiro atoms. The third-order valence-corrected chi connectivity index (χ3v) is 8.14. The van der Waals surface area contributed by atoms with E-state index in [0.29, 0.717) is 0 Å². The molecule has 2 N–H and O–H groups in total. The Labute approximate surface area is 264 Å². The lowest BCUT2D eigenvalue weighted by Gasteiger charge is -2.30. The van der Waals surface area contributed by atoms with Crippen LogP contribution in [0.1, 0.15) is 156 Å². The molecule has 1 atom stereocenters. The molecule has 1 aliphatic carbocycles. The van der Waals surface area contributed by atoms with E-state index in [1.165, 1.54) is 84.2 Å². The topological polar surface area (TPSA) is 30.5 Å². The molecule has 0 aromatic carbocycles. The Balaban J connectivity index is -0.000000206. The maximum absolute atomic E-state index is 3.35. The van der Waals surface area contributed by atoms with Gasteiger partial charge in [0.05, 0.1) is 0 Å². The minimum Gasteiger partial charge on any atom is -0.316 e. The van der Waals surface area contributed by atoms with Crippen molar-refractivity contribution in [2.45, 2.75) is 168 Å². The maximum atomic E-state index is 3.35. The highest BCUT2D eigenvalue weighted by Crippen LogP contribution is 2.30. The molecule has 4 heteroatoms. The fourth-order valence-electron chi connectivity index (χ4n) is 5.33. The van der Waals surface area contributed by atoms with Gasteiger partial charge < -0.3 is 15.5 Å². The van der Waals surface area contributed by atoms with Gasteiger partial charge in [-0.2, -0.15) is 0 Å². The minimum atomic E-state index is 0.729. The quantitative estimate of drug-likeness (QED) is 0.343. The lowest BCUT2D eigenvalue weighted by molar-refractivity contribution is 0.196. The van der Waals surface area contributed by atoms with Crippen molar-refractivity contribution in [3.63, 3.8) is 0 Å². The Kier molecular flexibility index (Phi) is 42.0. The van der Waals surface area contributed by atoms with Crippen LogP contribution in [0, 0.1) is 23.7 Å². The lowest BCUT2D eigenvalue weighted by Crippen LogP contribution is -2.46. The molecular formula is C37H86N4. The molecule has 0 aromatic heterocycles. The van der Waals surface area contributed by atoms with Crippen molar-refractivity contribution in [2.75, 3.05) is 52.4 Å². The normalized spacial score (nSPS) is 20.3. The average Bonchev–Trinajstić information content (AvgIpc) is 3.83. The second-order valence-corrected chi connectivity index (χ2v) is 12.0. The van der Waals surface area contributed by atoms with Crippen molar-refractivity contribution in [2.24, 2.45) is 23.7 Å². The van der Waals surface area contributed by atoms with Gasteiger partial charge in [-0.15, -0.1) is 0 Å². The van der Waals surface area contributed by atoms with Crippen molar-refractivity contribution in [3.05, 3.63) is 0 Å². The summed E-state index contributed by atoms with van der Waals surface area (Å²) in [7, 11) is 0. The Hall–Kier alpha value is -0.160. The van der Waals surface area contributed by atoms with Gasteiger partial charge in [-0.3, -0.25) is 4.90 Å². The first-order chi connectivity index (χ1) is 19.7. The summed E-state index contributed by atoms with van der Waals surface area (Å²) >= 11 is 0. The molecule has 0 radical (unpaired) electrons. The molecule has 3 aliphatic heterocycles. The summed E-state index contributed by atoms with van der Waals surface area (Å²) in [4.78, 5) is 5.02. The second-order valence-electron chi connectivity index (χ2n) is 12.0. The maximum Gasteiger partial charge on any atom is 0.0110 e. The van der Waals surface area contributed by atoms with E-state index in [1.807, 2.05) is 55.4 Å². The molecule has 4 nitrogen and oxygen atoms in total. The van der Waals surface area contributed by atoms with Gasteiger partial charge in [0.2, 0.25) is 0 Å². The predicted octanol–water partition coefficient (Wildman–Crippen LogP) is 9.98. The predicted molar refractivity (Wildman–Crippen MR) is 194 cm³/mol. The van der Waals surface area contributed by atoms with Crippen LogP contribution in [-0.4, -0.2) is 74.2 Å². The highest BCUT2D eigenvalue weighted by atomic mass is 15.2. The first kappa shape index (κ1) is 47.8. The molecular weight excluding hydrogens is 500 g/mol. The molecule has 4 fully saturated rings. The largest absolute Gasteiger partial charge is 0.316 e. The molecule has 0 bridgehead atoms. The Bertz CT molecular complexity index is 379. The molecule has 3 saturated heterocycles. The van der Waals surface area contributed by atoms with Crippen LogP contribution < -0.4 is 10.6 Å². The van der Waals surface area contributed by atoms with Gasteiger partial charge in [0.1, 0.15) is 0 Å². The van der Waals surface area contributed by atoms with Gasteiger partial charge in [0.15, 0.2) is 0 Å². The first-order valence-corrected chi connectivity index (χ1v) is 18.6. The fraction of sp³-hybridized carbons (Fsp3) is 1.00. The van der Waals surface area contributed by atoms with Crippen LogP contribution in [0.5, 0.6) is 0 Å². The summed E-state index contributed by atoms with van der Waals surface area (Å²) in [6.45, 7) is 44.3. The van der Waals surface area contributed by atoms with Crippen LogP contribution in [0.4, 0.5) is 0 Å². The molecule has 4 aliphatic rings. The zero-order valence-electron chi connectivity index (χ0n) is 32.0. The Morgan fingerprint density at radius 3 is 1.05 bits per heavy atom. The van der Waals surface area contributed by atoms with Gasteiger partial charge in [0, 0.05) is 38.3 Å². The number of likely N-dealkylation sites (tertiary alicyclic amines) is 1. The number of hydrogen-bond donors (Lipinski definition) is 2. The Morgan fingerprint density at radius 1 is 0.439 bits per heavy atom. The van der Waals surface area contributed by atoms with Crippen molar-refractivity contribution in [1.29, 1.82) is 0 Å². The standard InChI is InChI=1S/C8H16.C7H16N2.2C7H15N.4C2H6/c1-7(2)8-5-3-4-6-8;1-7(2)9-5-3-8-4-6-9;1-6(2)7-3-4-8-5-7;1-7(2)8-5-3-4-6-8;4*1-2/h7-8H,3-6H2,1-2H3;7-8H,3-6H2,1-2H3;6-8H,3-5H2,1-2H3;7H,3-6H2,1-2H3;4*1-2H3. The van der Waals surface area contributed by atoms with E-state index in [2.05, 4.69) is 75.8 Å². The summed E-state index contributed by atoms with van der Waals surface area (Å²) in [5, 5.41) is 6.68. The summed E-state index contributed by atoms with van der Waals surface area (Å²) < 4.78 is 0. The summed E-state index contributed by atoms with van der Waals surface area (Å²) in [5.41, 5.74) is 0. The lowest BCUT2D eigenvalue weighted by atomic mass is 9.95. The van der Waals surface area contributed by atoms with Crippen LogP contribution in [0.15, 0.2) is 0 Å². The van der Waals surface area contributed by atoms with E-state index in [1.54, 1.807) is 0 Å². The summed E-state index contributed by atoms with van der Waals surface area (Å²) in [5.74, 6) is 3.84. The van der Waals surface area contributed by atoms with E-state index in [-0.39, 0.29) is 0 Å². The number of hydrogen-bond acceptors (Lipinski definition) is 4. The molecule has 41 heavy (non-hydrogen) atoms. The van der Waals surface area contributed by atoms with E-state index in [0.717, 1.165) is 48.8 Å². The number of nitrogens with zero attached hydrogens (tertiary/aromatic N) is 2. The number of piperazine rings is 1. The van der Waals surface area contributed by atoms with Gasteiger partial charge >= 0.3 is 0 Å². The second kappa shape index (κ2) is 36.0. The van der Waals surface area contributed by atoms with Crippen LogP contribution >= 0.6 is 0 Å². The van der Waals surface area contributed by atoms with Crippen molar-refractivity contribution < 1.29 is 0 Å². The average molecular weight is 587 g/mol. The molecule has 0 amide bonds. The number of rotatable bonds is 4. The third kappa shape index (κ3) is 28.4. The molecule has 4 rings (SSSR count). The van der Waals surface area contributed by atoms with Crippen molar-refractivity contribution in [3.8, 4) is 0 Å². The van der Waals surface area contributed by atoms with Crippen molar-refractivity contribution in [1.82, 2.24) is 20.4 Å². The van der Waals surface area contributed by atoms with E-state index in [9.17, 15) is 0 Å². The highest BCUT2D eigenvalue weighted by molar-refractivity contribution is 4.73. The first-order valence-electron chi connectivity index (χ1n) is 18.6. The molecule has 3 heterocycles. The zero-order valence-corrected chi connectivity index (χ0v) is 32.0. The molecule has 0 aromatic rings. The molecule has 1 unspecified atom stereocenters. The third-order valence-electron chi connectivity index (χ3n) is 8.14. The van der Waals surface area contributed by atoms with Gasteiger partial charge in [-0.1, -0.05) is 109 Å². The zero-order chi connectivity index (χ0) is 32.6. The van der Waals surface area contributed by atoms with Crippen LogP contribution in [0.3, 0.4) is 0 Å². The van der Waals surface area contributed by atoms with Gasteiger partial charge in [-0.25, -0.2) is 0 Å². The highest BCUT2D eigenvalue weighted by Gasteiger charge is 2.18. The Morgan fingerprint density at radius 2 is 0.829 bits per heavy atom. The molecule has 254 valence electrons. The van der Waals surface area contributed by atoms with Crippen LogP contribution in [-0.2, 0) is 0 Å². The van der Waals surface area contributed by atoms with E-state index >= 15 is 0 Å². The minimum absolute atomic E-state index is 0.729. The summed E-state index contributed by atoms with van der Waals surface area (Å²) in [6, 6.07) is 1.50. The van der Waals surface area contributed by atoms with E-state index in [4.69, 9.17) is 0 Å². The SMILES string of the molecule is CC.CC.CC.CC.CC(C)C1CCCC1.CC(C)C1CCNC1.CC(C)N1CCCC1.CC(C)N1CCNCC1. The van der Waals surface area contributed by atoms with Crippen LogP contribution in [0.2, 0.25) is 0 Å². The molecule has 1 saturated carbocycles. The van der Waals surface area contributed by atoms with Gasteiger partial charge in [0.25, 0.3) is 0 Å². The smallest absolute Gasteiger partial charge is 0.0110 e. The fourth-order valence-corrected chi connectivity index (χ4v) is 5.33. The van der Waals surface area contributed by atoms with Crippen LogP contribution in [0.25, 0.3) is 0 Å². The monoisotopic (exact) mass is 587 g/mol. The van der Waals surface area contributed by atoms with Gasteiger partial charge in [-0.05, 0) is 96.8 Å². The number of nitrogens with one attached hydrogen (secondary N) is 2. The summed E-state index contributed by atoms with van der Waals surface area (Å²) in [6.07, 6.45) is 10.2. The van der Waals surface area contributed by atoms with E-state index < -0.39 is 0 Å².